The molecule has 0 heterocycles. The van der Waals surface area contributed by atoms with Gasteiger partial charge in [-0.05, 0) is 70.6 Å². The van der Waals surface area contributed by atoms with Gasteiger partial charge >= 0.3 is 19.8 Å². The number of carbonyl (C=O) groups is 2. The van der Waals surface area contributed by atoms with Crippen molar-refractivity contribution in [1.82, 2.24) is 0 Å². The number of allylic oxidation sites excluding steroid dienone is 12. The highest BCUT2D eigenvalue weighted by atomic mass is 31.2. The topological polar surface area (TPSA) is 119 Å². The van der Waals surface area contributed by atoms with Crippen LogP contribution in [-0.2, 0) is 28.2 Å². The first-order valence-corrected chi connectivity index (χ1v) is 22.3. The fraction of sp³-hybridized carbons (Fsp3) is 0.682. The lowest BCUT2D eigenvalue weighted by Gasteiger charge is -2.18. The Labute approximate surface area is 323 Å². The first-order chi connectivity index (χ1) is 25.8. The van der Waals surface area contributed by atoms with Gasteiger partial charge in [0.2, 0.25) is 0 Å². The molecule has 1 unspecified atom stereocenters. The van der Waals surface area contributed by atoms with Crippen molar-refractivity contribution < 1.29 is 37.9 Å². The summed E-state index contributed by atoms with van der Waals surface area (Å²) in [6.45, 7) is 3.50. The molecular weight excluding hydrogens is 687 g/mol. The number of phosphoric ester groups is 1. The summed E-state index contributed by atoms with van der Waals surface area (Å²) in [5.74, 6) is -0.975. The maximum Gasteiger partial charge on any atom is 0.469 e. The molecule has 0 spiro atoms. The standard InChI is InChI=1S/C44H75O8P/c1-3-5-7-9-11-13-15-17-18-19-20-21-22-23-24-25-27-28-30-32-34-36-38-43(45)50-40-42(41-51-53(47,48)49)52-44(46)39-37-35-33-31-29-26-16-14-12-10-8-6-4-2/h5,7,11,13,17-18,20-21,26,29,33,35,42H,3-4,6,8-10,12,14-16,19,22-25,27-28,30-32,34,36-41H2,1-2H3,(H2,47,48,49)/b7-5+,13-11+,18-17+,21-20+,29-26+,35-33+. The molecular formula is C44H75O8P. The van der Waals surface area contributed by atoms with Crippen LogP contribution >= 0.6 is 7.82 Å². The van der Waals surface area contributed by atoms with Gasteiger partial charge in [0, 0.05) is 12.8 Å². The lowest BCUT2D eigenvalue weighted by Crippen LogP contribution is -2.29. The van der Waals surface area contributed by atoms with Crippen LogP contribution < -0.4 is 0 Å². The van der Waals surface area contributed by atoms with Gasteiger partial charge in [-0.2, -0.15) is 0 Å². The van der Waals surface area contributed by atoms with E-state index in [9.17, 15) is 14.2 Å². The largest absolute Gasteiger partial charge is 0.469 e. The van der Waals surface area contributed by atoms with Crippen LogP contribution in [0.25, 0.3) is 0 Å². The van der Waals surface area contributed by atoms with Crippen LogP contribution in [0.2, 0.25) is 0 Å². The maximum absolute atomic E-state index is 12.3. The lowest BCUT2D eigenvalue weighted by atomic mass is 10.1. The zero-order valence-corrected chi connectivity index (χ0v) is 34.3. The highest BCUT2D eigenvalue weighted by molar-refractivity contribution is 7.46. The van der Waals surface area contributed by atoms with Crippen LogP contribution in [0.3, 0.4) is 0 Å². The fourth-order valence-electron chi connectivity index (χ4n) is 5.42. The molecule has 0 rings (SSSR count). The van der Waals surface area contributed by atoms with E-state index in [1.54, 1.807) is 0 Å². The summed E-state index contributed by atoms with van der Waals surface area (Å²) in [4.78, 5) is 42.8. The van der Waals surface area contributed by atoms with Crippen molar-refractivity contribution in [1.29, 1.82) is 0 Å². The smallest absolute Gasteiger partial charge is 0.462 e. The molecule has 0 aliphatic carbocycles. The third-order valence-electron chi connectivity index (χ3n) is 8.47. The highest BCUT2D eigenvalue weighted by Gasteiger charge is 2.22. The maximum atomic E-state index is 12.3. The molecule has 0 fully saturated rings. The molecule has 0 aromatic carbocycles. The predicted molar refractivity (Wildman–Crippen MR) is 220 cm³/mol. The Bertz CT molecular complexity index is 1080. The molecule has 1 atom stereocenters. The van der Waals surface area contributed by atoms with Crippen LogP contribution in [0.15, 0.2) is 72.9 Å². The summed E-state index contributed by atoms with van der Waals surface area (Å²) < 4.78 is 26.3. The first-order valence-electron chi connectivity index (χ1n) is 20.7. The monoisotopic (exact) mass is 763 g/mol. The Morgan fingerprint density at radius 1 is 0.509 bits per heavy atom. The van der Waals surface area contributed by atoms with E-state index in [4.69, 9.17) is 19.3 Å². The second-order valence-electron chi connectivity index (χ2n) is 13.6. The normalized spacial score (nSPS) is 13.2. The van der Waals surface area contributed by atoms with E-state index in [0.717, 1.165) is 64.2 Å². The van der Waals surface area contributed by atoms with E-state index < -0.39 is 32.5 Å². The highest BCUT2D eigenvalue weighted by Crippen LogP contribution is 2.36. The number of hydrogen-bond donors (Lipinski definition) is 2. The number of esters is 2. The van der Waals surface area contributed by atoms with Gasteiger partial charge in [0.05, 0.1) is 6.61 Å². The SMILES string of the molecule is CC/C=C/C/C=C/C/C=C/C/C=C/CCCCCCCCCCCC(=O)OCC(COP(=O)(O)O)OC(=O)CC/C=C/C/C=C/CCCCCCCC. The Kier molecular flexibility index (Phi) is 37.3. The van der Waals surface area contributed by atoms with Gasteiger partial charge in [-0.3, -0.25) is 14.1 Å². The number of unbranched alkanes of at least 4 members (excludes halogenated alkanes) is 15. The molecule has 0 saturated carbocycles. The number of hydrogen-bond acceptors (Lipinski definition) is 6. The zero-order chi connectivity index (χ0) is 38.9. The Balaban J connectivity index is 3.96. The quantitative estimate of drug-likeness (QED) is 0.0278. The second-order valence-corrected chi connectivity index (χ2v) is 14.8. The minimum atomic E-state index is -4.77. The van der Waals surface area contributed by atoms with Crippen molar-refractivity contribution in [2.24, 2.45) is 0 Å². The van der Waals surface area contributed by atoms with Crippen molar-refractivity contribution in [3.05, 3.63) is 72.9 Å². The number of carbonyl (C=O) groups excluding carboxylic acids is 2. The average molecular weight is 763 g/mol. The molecule has 0 aromatic rings. The van der Waals surface area contributed by atoms with Crippen LogP contribution in [0.4, 0.5) is 0 Å². The van der Waals surface area contributed by atoms with E-state index >= 15 is 0 Å². The van der Waals surface area contributed by atoms with E-state index in [2.05, 4.69) is 79.1 Å². The van der Waals surface area contributed by atoms with Gasteiger partial charge < -0.3 is 19.3 Å². The van der Waals surface area contributed by atoms with Gasteiger partial charge in [-0.1, -0.05) is 164 Å². The molecule has 304 valence electrons. The minimum Gasteiger partial charge on any atom is -0.462 e. The number of rotatable bonds is 37. The van der Waals surface area contributed by atoms with Gasteiger partial charge in [0.1, 0.15) is 6.61 Å². The van der Waals surface area contributed by atoms with Gasteiger partial charge in [-0.25, -0.2) is 4.57 Å². The molecule has 53 heavy (non-hydrogen) atoms. The summed E-state index contributed by atoms with van der Waals surface area (Å²) in [5, 5.41) is 0. The van der Waals surface area contributed by atoms with Gasteiger partial charge in [-0.15, -0.1) is 0 Å². The van der Waals surface area contributed by atoms with Crippen molar-refractivity contribution >= 4 is 19.8 Å². The van der Waals surface area contributed by atoms with Crippen LogP contribution in [0.1, 0.15) is 174 Å². The first kappa shape index (κ1) is 50.5. The summed E-state index contributed by atoms with van der Waals surface area (Å²) in [6.07, 6.45) is 50.7. The summed E-state index contributed by atoms with van der Waals surface area (Å²) in [7, 11) is -4.77. The zero-order valence-electron chi connectivity index (χ0n) is 33.4. The van der Waals surface area contributed by atoms with Crippen LogP contribution in [0.5, 0.6) is 0 Å². The summed E-state index contributed by atoms with van der Waals surface area (Å²) in [5.41, 5.74) is 0. The Hall–Kier alpha value is -2.51. The minimum absolute atomic E-state index is 0.102. The van der Waals surface area contributed by atoms with Crippen molar-refractivity contribution in [2.75, 3.05) is 13.2 Å². The Morgan fingerprint density at radius 3 is 1.43 bits per heavy atom. The molecule has 0 aliphatic rings. The van der Waals surface area contributed by atoms with Gasteiger partial charge in [0.25, 0.3) is 0 Å². The molecule has 0 amide bonds. The van der Waals surface area contributed by atoms with Crippen molar-refractivity contribution in [2.45, 2.75) is 180 Å². The third kappa shape index (κ3) is 42.1. The number of phosphoric acid groups is 1. The van der Waals surface area contributed by atoms with Crippen LogP contribution in [-0.4, -0.2) is 41.0 Å². The molecule has 2 N–H and O–H groups in total. The lowest BCUT2D eigenvalue weighted by molar-refractivity contribution is -0.161. The van der Waals surface area contributed by atoms with E-state index in [1.165, 1.54) is 70.6 Å². The summed E-state index contributed by atoms with van der Waals surface area (Å²) in [6, 6.07) is 0. The summed E-state index contributed by atoms with van der Waals surface area (Å²) >= 11 is 0. The molecule has 0 saturated heterocycles. The molecule has 9 heteroatoms. The molecule has 0 aromatic heterocycles. The molecule has 0 aliphatic heterocycles. The van der Waals surface area contributed by atoms with Gasteiger partial charge in [0.15, 0.2) is 6.10 Å². The molecule has 0 radical (unpaired) electrons. The van der Waals surface area contributed by atoms with E-state index in [1.807, 2.05) is 12.2 Å². The van der Waals surface area contributed by atoms with Crippen molar-refractivity contribution in [3.8, 4) is 0 Å². The Morgan fingerprint density at radius 2 is 0.943 bits per heavy atom. The van der Waals surface area contributed by atoms with Crippen molar-refractivity contribution in [3.63, 3.8) is 0 Å². The number of ether oxygens (including phenoxy) is 2. The fourth-order valence-corrected chi connectivity index (χ4v) is 5.78. The predicted octanol–water partition coefficient (Wildman–Crippen LogP) is 12.7. The van der Waals surface area contributed by atoms with E-state index in [-0.39, 0.29) is 19.4 Å². The van der Waals surface area contributed by atoms with E-state index in [0.29, 0.717) is 12.8 Å². The molecule has 0 bridgehead atoms. The average Bonchev–Trinajstić information content (AvgIpc) is 3.13. The third-order valence-corrected chi connectivity index (χ3v) is 8.96. The van der Waals surface area contributed by atoms with Crippen LogP contribution in [0, 0.1) is 0 Å². The second kappa shape index (κ2) is 39.2. The molecule has 8 nitrogen and oxygen atoms in total.